The van der Waals surface area contributed by atoms with Crippen LogP contribution in [-0.4, -0.2) is 16.5 Å². The van der Waals surface area contributed by atoms with Crippen LogP contribution in [0, 0.1) is 30.0 Å². The van der Waals surface area contributed by atoms with Crippen molar-refractivity contribution in [1.82, 2.24) is 9.88 Å². The van der Waals surface area contributed by atoms with Crippen LogP contribution >= 0.6 is 0 Å². The summed E-state index contributed by atoms with van der Waals surface area (Å²) in [4.78, 5) is 12.9. The van der Waals surface area contributed by atoms with E-state index in [1.165, 1.54) is 18.6 Å². The van der Waals surface area contributed by atoms with Crippen molar-refractivity contribution in [3.05, 3.63) is 76.7 Å². The highest BCUT2D eigenvalue weighted by Gasteiger charge is 2.24. The van der Waals surface area contributed by atoms with Crippen molar-refractivity contribution in [2.75, 3.05) is 0 Å². The number of benzene rings is 2. The average molecular weight is 430 g/mol. The van der Waals surface area contributed by atoms with Crippen molar-refractivity contribution < 1.29 is 9.18 Å². The van der Waals surface area contributed by atoms with Crippen LogP contribution in [0.25, 0.3) is 17.0 Å². The molecular weight excluding hydrogens is 401 g/mol. The summed E-state index contributed by atoms with van der Waals surface area (Å²) in [5, 5.41) is 13.8. The highest BCUT2D eigenvalue weighted by molar-refractivity contribution is 6.04. The summed E-state index contributed by atoms with van der Waals surface area (Å²) in [6, 6.07) is 16.7. The van der Waals surface area contributed by atoms with E-state index >= 15 is 0 Å². The Bertz CT molecular complexity index is 1200. The molecule has 1 N–H and O–H groups in total. The molecule has 164 valence electrons. The Kier molecular flexibility index (Phi) is 6.41. The number of para-hydroxylation sites is 1. The molecule has 1 heterocycles. The Hall–Kier alpha value is -3.39. The van der Waals surface area contributed by atoms with Gasteiger partial charge in [0.05, 0.1) is 0 Å². The Morgan fingerprint density at radius 2 is 1.91 bits per heavy atom. The van der Waals surface area contributed by atoms with Crippen molar-refractivity contribution in [3.63, 3.8) is 0 Å². The maximum Gasteiger partial charge on any atom is 0.262 e. The molecule has 4 nitrogen and oxygen atoms in total. The quantitative estimate of drug-likeness (QED) is 0.415. The molecule has 2 unspecified atom stereocenters. The van der Waals surface area contributed by atoms with E-state index in [0.29, 0.717) is 12.5 Å². The van der Waals surface area contributed by atoms with Gasteiger partial charge in [0.1, 0.15) is 17.5 Å². The van der Waals surface area contributed by atoms with Gasteiger partial charge in [-0.3, -0.25) is 4.79 Å². The van der Waals surface area contributed by atoms with E-state index in [-0.39, 0.29) is 23.3 Å². The predicted octanol–water partition coefficient (Wildman–Crippen LogP) is 5.74. The van der Waals surface area contributed by atoms with Crippen LogP contribution in [0.4, 0.5) is 4.39 Å². The number of nitrogens with zero attached hydrogens (tertiary/aromatic N) is 2. The van der Waals surface area contributed by atoms with Gasteiger partial charge in [-0.1, -0.05) is 50.1 Å². The van der Waals surface area contributed by atoms with Gasteiger partial charge in [-0.25, -0.2) is 4.39 Å². The highest BCUT2D eigenvalue weighted by Crippen LogP contribution is 2.29. The SMILES string of the molecule is Cc1c(C=C(C#N)C(=O)NC2CCCCC2C)c2ccccc2n1Cc1ccc(F)cc1. The lowest BCUT2D eigenvalue weighted by atomic mass is 9.86. The van der Waals surface area contributed by atoms with Gasteiger partial charge in [0.15, 0.2) is 0 Å². The maximum atomic E-state index is 13.3. The minimum absolute atomic E-state index is 0.119. The third-order valence-electron chi connectivity index (χ3n) is 6.62. The van der Waals surface area contributed by atoms with Gasteiger partial charge in [-0.15, -0.1) is 0 Å². The number of nitriles is 1. The van der Waals surface area contributed by atoms with Gasteiger partial charge in [-0.05, 0) is 55.5 Å². The number of hydrogen-bond acceptors (Lipinski definition) is 2. The van der Waals surface area contributed by atoms with Gasteiger partial charge in [0.25, 0.3) is 5.91 Å². The topological polar surface area (TPSA) is 57.8 Å². The van der Waals surface area contributed by atoms with Crippen LogP contribution in [0.5, 0.6) is 0 Å². The Balaban J connectivity index is 1.69. The minimum atomic E-state index is -0.305. The molecular formula is C27H28FN3O. The first kappa shape index (κ1) is 21.8. The Labute approximate surface area is 188 Å². The summed E-state index contributed by atoms with van der Waals surface area (Å²) in [5.41, 5.74) is 3.94. The number of aromatic nitrogens is 1. The summed E-state index contributed by atoms with van der Waals surface area (Å²) < 4.78 is 15.5. The molecule has 2 aromatic carbocycles. The first-order chi connectivity index (χ1) is 15.5. The monoisotopic (exact) mass is 429 g/mol. The lowest BCUT2D eigenvalue weighted by Crippen LogP contribution is -2.41. The molecule has 0 saturated heterocycles. The molecule has 0 bridgehead atoms. The summed E-state index contributed by atoms with van der Waals surface area (Å²) in [6.45, 7) is 4.73. The zero-order chi connectivity index (χ0) is 22.7. The zero-order valence-corrected chi connectivity index (χ0v) is 18.6. The van der Waals surface area contributed by atoms with E-state index in [4.69, 9.17) is 0 Å². The van der Waals surface area contributed by atoms with Crippen molar-refractivity contribution >= 4 is 22.9 Å². The van der Waals surface area contributed by atoms with Crippen molar-refractivity contribution in [2.45, 2.75) is 52.1 Å². The smallest absolute Gasteiger partial charge is 0.262 e. The fourth-order valence-electron chi connectivity index (χ4n) is 4.69. The van der Waals surface area contributed by atoms with Crippen LogP contribution in [0.1, 0.15) is 49.4 Å². The molecule has 1 amide bonds. The molecule has 1 aliphatic rings. The fraction of sp³-hybridized carbons (Fsp3) is 0.333. The van der Waals surface area contributed by atoms with E-state index in [1.54, 1.807) is 18.2 Å². The number of amides is 1. The number of nitrogens with one attached hydrogen (secondary N) is 1. The summed E-state index contributed by atoms with van der Waals surface area (Å²) in [6.07, 6.45) is 6.08. The molecule has 1 fully saturated rings. The van der Waals surface area contributed by atoms with Crippen molar-refractivity contribution in [2.24, 2.45) is 5.92 Å². The second-order valence-electron chi connectivity index (χ2n) is 8.74. The lowest BCUT2D eigenvalue weighted by Gasteiger charge is -2.29. The second-order valence-corrected chi connectivity index (χ2v) is 8.74. The van der Waals surface area contributed by atoms with E-state index in [2.05, 4.69) is 22.9 Å². The normalized spacial score (nSPS) is 19.0. The second kappa shape index (κ2) is 9.40. The maximum absolute atomic E-state index is 13.3. The number of fused-ring (bicyclic) bond motifs is 1. The summed E-state index contributed by atoms with van der Waals surface area (Å²) in [5.74, 6) is -0.142. The third kappa shape index (κ3) is 4.45. The molecule has 1 aliphatic carbocycles. The van der Waals surface area contributed by atoms with E-state index in [1.807, 2.05) is 31.2 Å². The number of carbonyl (C=O) groups excluding carboxylic acids is 1. The van der Waals surface area contributed by atoms with Crippen molar-refractivity contribution in [1.29, 1.82) is 5.26 Å². The molecule has 5 heteroatoms. The number of rotatable bonds is 5. The number of halogens is 1. The van der Waals surface area contributed by atoms with Crippen LogP contribution in [0.15, 0.2) is 54.1 Å². The van der Waals surface area contributed by atoms with Crippen LogP contribution in [0.2, 0.25) is 0 Å². The Morgan fingerprint density at radius 1 is 1.19 bits per heavy atom. The standard InChI is InChI=1S/C27H28FN3O/c1-18-7-3-5-9-25(18)30-27(32)21(16-29)15-24-19(2)31(26-10-6-4-8-23(24)26)17-20-11-13-22(28)14-12-20/h4,6,8,10-15,18,25H,3,5,7,9,17H2,1-2H3,(H,30,32). The molecule has 32 heavy (non-hydrogen) atoms. The Morgan fingerprint density at radius 3 is 2.62 bits per heavy atom. The molecule has 0 radical (unpaired) electrons. The summed E-state index contributed by atoms with van der Waals surface area (Å²) in [7, 11) is 0. The van der Waals surface area contributed by atoms with Crippen LogP contribution in [-0.2, 0) is 11.3 Å². The van der Waals surface area contributed by atoms with Crippen LogP contribution in [0.3, 0.4) is 0 Å². The van der Waals surface area contributed by atoms with Gasteiger partial charge in [0, 0.05) is 34.7 Å². The van der Waals surface area contributed by atoms with Gasteiger partial charge in [0.2, 0.25) is 0 Å². The largest absolute Gasteiger partial charge is 0.348 e. The molecule has 0 spiro atoms. The van der Waals surface area contributed by atoms with E-state index in [0.717, 1.165) is 47.0 Å². The van der Waals surface area contributed by atoms with Crippen LogP contribution < -0.4 is 5.32 Å². The third-order valence-corrected chi connectivity index (χ3v) is 6.62. The predicted molar refractivity (Wildman–Crippen MR) is 125 cm³/mol. The minimum Gasteiger partial charge on any atom is -0.348 e. The first-order valence-corrected chi connectivity index (χ1v) is 11.2. The molecule has 0 aliphatic heterocycles. The molecule has 4 rings (SSSR count). The van der Waals surface area contributed by atoms with Crippen molar-refractivity contribution in [3.8, 4) is 6.07 Å². The number of hydrogen-bond donors (Lipinski definition) is 1. The molecule has 2 atom stereocenters. The van der Waals surface area contributed by atoms with E-state index in [9.17, 15) is 14.4 Å². The lowest BCUT2D eigenvalue weighted by molar-refractivity contribution is -0.118. The van der Waals surface area contributed by atoms with Gasteiger partial charge in [-0.2, -0.15) is 5.26 Å². The molecule has 1 saturated carbocycles. The summed E-state index contributed by atoms with van der Waals surface area (Å²) >= 11 is 0. The van der Waals surface area contributed by atoms with Gasteiger partial charge >= 0.3 is 0 Å². The molecule has 1 aromatic heterocycles. The van der Waals surface area contributed by atoms with Gasteiger partial charge < -0.3 is 9.88 Å². The zero-order valence-electron chi connectivity index (χ0n) is 18.6. The van der Waals surface area contributed by atoms with E-state index < -0.39 is 0 Å². The highest BCUT2D eigenvalue weighted by atomic mass is 19.1. The molecule has 3 aromatic rings. The fourth-order valence-corrected chi connectivity index (χ4v) is 4.69. The number of carbonyl (C=O) groups is 1. The average Bonchev–Trinajstić information content (AvgIpc) is 3.06. The first-order valence-electron chi connectivity index (χ1n) is 11.2.